The van der Waals surface area contributed by atoms with Crippen LogP contribution in [0.3, 0.4) is 0 Å². The van der Waals surface area contributed by atoms with Crippen LogP contribution in [0.25, 0.3) is 0 Å². The summed E-state index contributed by atoms with van der Waals surface area (Å²) in [6.45, 7) is 10.1. The summed E-state index contributed by atoms with van der Waals surface area (Å²) < 4.78 is 11.1. The molecule has 1 aromatic carbocycles. The number of ether oxygens (including phenoxy) is 2. The van der Waals surface area contributed by atoms with Gasteiger partial charge in [-0.05, 0) is 57.1 Å². The predicted octanol–water partition coefficient (Wildman–Crippen LogP) is 3.66. The normalized spacial score (nSPS) is 16.1. The maximum atomic E-state index is 5.77. The number of guanidine groups is 1. The summed E-state index contributed by atoms with van der Waals surface area (Å²) in [5.41, 5.74) is 2.69. The number of nitrogens with zero attached hydrogens (tertiary/aromatic N) is 1. The van der Waals surface area contributed by atoms with Gasteiger partial charge in [-0.2, -0.15) is 0 Å². The average molecular weight is 362 g/mol. The van der Waals surface area contributed by atoms with Gasteiger partial charge < -0.3 is 20.1 Å². The van der Waals surface area contributed by atoms with Gasteiger partial charge in [0, 0.05) is 32.4 Å². The molecule has 1 aliphatic rings. The van der Waals surface area contributed by atoms with Gasteiger partial charge in [0.05, 0.1) is 13.2 Å². The van der Waals surface area contributed by atoms with Gasteiger partial charge in [0.2, 0.25) is 0 Å². The van der Waals surface area contributed by atoms with E-state index in [4.69, 9.17) is 14.5 Å². The van der Waals surface area contributed by atoms with Gasteiger partial charge in [0.1, 0.15) is 5.75 Å². The van der Waals surface area contributed by atoms with E-state index >= 15 is 0 Å². The summed E-state index contributed by atoms with van der Waals surface area (Å²) in [7, 11) is 1.78. The molecular weight excluding hydrogens is 326 g/mol. The van der Waals surface area contributed by atoms with E-state index in [-0.39, 0.29) is 0 Å². The summed E-state index contributed by atoms with van der Waals surface area (Å²) in [6, 6.07) is 6.31. The van der Waals surface area contributed by atoms with Gasteiger partial charge in [-0.15, -0.1) is 0 Å². The van der Waals surface area contributed by atoms with Crippen molar-refractivity contribution in [3.05, 3.63) is 29.3 Å². The first-order valence-corrected chi connectivity index (χ1v) is 9.86. The minimum absolute atomic E-state index is 0.368. The molecule has 1 fully saturated rings. The number of hydrogen-bond acceptors (Lipinski definition) is 3. The molecule has 0 spiro atoms. The molecule has 0 unspecified atom stereocenters. The van der Waals surface area contributed by atoms with Crippen LogP contribution in [0.2, 0.25) is 0 Å². The smallest absolute Gasteiger partial charge is 0.191 e. The first-order chi connectivity index (χ1) is 12.6. The summed E-state index contributed by atoms with van der Waals surface area (Å²) in [4.78, 5) is 4.78. The first kappa shape index (κ1) is 20.6. The molecule has 146 valence electrons. The monoisotopic (exact) mass is 361 g/mol. The quantitative estimate of drug-likeness (QED) is 0.493. The van der Waals surface area contributed by atoms with Crippen LogP contribution in [0.4, 0.5) is 0 Å². The van der Waals surface area contributed by atoms with E-state index in [1.165, 1.54) is 24.8 Å². The molecule has 1 aliphatic carbocycles. The van der Waals surface area contributed by atoms with Crippen molar-refractivity contribution >= 4 is 5.96 Å². The van der Waals surface area contributed by atoms with Gasteiger partial charge in [-0.1, -0.05) is 18.6 Å². The van der Waals surface area contributed by atoms with Crippen LogP contribution in [0.1, 0.15) is 50.7 Å². The fourth-order valence-electron chi connectivity index (χ4n) is 3.37. The average Bonchev–Trinajstić information content (AvgIpc) is 2.60. The fraction of sp³-hybridized carbons (Fsp3) is 0.667. The molecule has 5 nitrogen and oxygen atoms in total. The number of hydrogen-bond donors (Lipinski definition) is 2. The number of benzene rings is 1. The Balaban J connectivity index is 2.00. The van der Waals surface area contributed by atoms with Crippen molar-refractivity contribution in [2.24, 2.45) is 10.4 Å². The molecule has 5 heteroatoms. The molecule has 0 heterocycles. The minimum atomic E-state index is 0.368. The highest BCUT2D eigenvalue weighted by Crippen LogP contribution is 2.43. The lowest BCUT2D eigenvalue weighted by atomic mass is 9.67. The number of rotatable bonds is 10. The van der Waals surface area contributed by atoms with Gasteiger partial charge in [0.25, 0.3) is 0 Å². The zero-order chi connectivity index (χ0) is 18.8. The van der Waals surface area contributed by atoms with Crippen molar-refractivity contribution in [3.8, 4) is 5.75 Å². The third kappa shape index (κ3) is 5.90. The SMILES string of the molecule is CCNC(=NCc1ccc(C)cc1OCC)NCC1(CCOC)CCC1. The molecule has 0 radical (unpaired) electrons. The molecule has 0 bridgehead atoms. The van der Waals surface area contributed by atoms with Crippen LogP contribution in [0.15, 0.2) is 23.2 Å². The minimum Gasteiger partial charge on any atom is -0.494 e. The zero-order valence-electron chi connectivity index (χ0n) is 16.9. The van der Waals surface area contributed by atoms with E-state index in [1.807, 2.05) is 6.92 Å². The Morgan fingerprint density at radius 2 is 2.04 bits per heavy atom. The van der Waals surface area contributed by atoms with Crippen LogP contribution in [-0.4, -0.2) is 39.4 Å². The number of methoxy groups -OCH3 is 1. The van der Waals surface area contributed by atoms with Crippen molar-refractivity contribution in [1.82, 2.24) is 10.6 Å². The largest absolute Gasteiger partial charge is 0.494 e. The summed E-state index contributed by atoms with van der Waals surface area (Å²) in [5, 5.41) is 6.91. The molecule has 2 rings (SSSR count). The first-order valence-electron chi connectivity index (χ1n) is 9.86. The van der Waals surface area contributed by atoms with Crippen molar-refractivity contribution in [2.45, 2.75) is 53.0 Å². The summed E-state index contributed by atoms with van der Waals surface area (Å²) in [6.07, 6.45) is 4.98. The Morgan fingerprint density at radius 1 is 1.23 bits per heavy atom. The summed E-state index contributed by atoms with van der Waals surface area (Å²) >= 11 is 0. The van der Waals surface area contributed by atoms with Crippen LogP contribution >= 0.6 is 0 Å². The lowest BCUT2D eigenvalue weighted by Gasteiger charge is -2.42. The van der Waals surface area contributed by atoms with E-state index in [1.54, 1.807) is 7.11 Å². The standard InChI is InChI=1S/C21H35N3O2/c1-5-22-20(24-16-21(10-7-11-21)12-13-25-4)23-15-18-9-8-17(3)14-19(18)26-6-2/h8-9,14H,5-7,10-13,15-16H2,1-4H3,(H2,22,23,24). The Hall–Kier alpha value is -1.75. The van der Waals surface area contributed by atoms with E-state index in [0.29, 0.717) is 18.6 Å². The van der Waals surface area contributed by atoms with Crippen LogP contribution in [-0.2, 0) is 11.3 Å². The fourth-order valence-corrected chi connectivity index (χ4v) is 3.37. The molecule has 2 N–H and O–H groups in total. The number of aliphatic imine (C=N–C) groups is 1. The second kappa shape index (κ2) is 10.4. The van der Waals surface area contributed by atoms with E-state index in [0.717, 1.165) is 43.4 Å². The molecular formula is C21H35N3O2. The zero-order valence-corrected chi connectivity index (χ0v) is 16.9. The Labute approximate surface area is 158 Å². The second-order valence-electron chi connectivity index (χ2n) is 7.19. The van der Waals surface area contributed by atoms with Crippen molar-refractivity contribution in [1.29, 1.82) is 0 Å². The highest BCUT2D eigenvalue weighted by molar-refractivity contribution is 5.79. The maximum absolute atomic E-state index is 5.77. The van der Waals surface area contributed by atoms with Crippen molar-refractivity contribution in [2.75, 3.05) is 33.4 Å². The molecule has 1 aromatic rings. The van der Waals surface area contributed by atoms with Crippen LogP contribution in [0.5, 0.6) is 5.75 Å². The molecule has 0 atom stereocenters. The lowest BCUT2D eigenvalue weighted by Crippen LogP contribution is -2.46. The molecule has 1 saturated carbocycles. The van der Waals surface area contributed by atoms with Crippen molar-refractivity contribution < 1.29 is 9.47 Å². The van der Waals surface area contributed by atoms with E-state index < -0.39 is 0 Å². The van der Waals surface area contributed by atoms with Gasteiger partial charge in [-0.25, -0.2) is 4.99 Å². The second-order valence-corrected chi connectivity index (χ2v) is 7.19. The van der Waals surface area contributed by atoms with Crippen LogP contribution < -0.4 is 15.4 Å². The Kier molecular flexibility index (Phi) is 8.23. The Bertz CT molecular complexity index is 583. The molecule has 0 amide bonds. The molecule has 0 aromatic heterocycles. The van der Waals surface area contributed by atoms with Gasteiger partial charge in [-0.3, -0.25) is 0 Å². The molecule has 0 saturated heterocycles. The van der Waals surface area contributed by atoms with Gasteiger partial charge in [0.15, 0.2) is 5.96 Å². The topological polar surface area (TPSA) is 54.9 Å². The van der Waals surface area contributed by atoms with Crippen molar-refractivity contribution in [3.63, 3.8) is 0 Å². The van der Waals surface area contributed by atoms with E-state index in [9.17, 15) is 0 Å². The molecule has 26 heavy (non-hydrogen) atoms. The van der Waals surface area contributed by atoms with Gasteiger partial charge >= 0.3 is 0 Å². The third-order valence-electron chi connectivity index (χ3n) is 5.16. The highest BCUT2D eigenvalue weighted by Gasteiger charge is 2.36. The lowest BCUT2D eigenvalue weighted by molar-refractivity contribution is 0.0732. The van der Waals surface area contributed by atoms with Crippen LogP contribution in [0, 0.1) is 12.3 Å². The maximum Gasteiger partial charge on any atom is 0.191 e. The van der Waals surface area contributed by atoms with E-state index in [2.05, 4.69) is 42.7 Å². The highest BCUT2D eigenvalue weighted by atomic mass is 16.5. The predicted molar refractivity (Wildman–Crippen MR) is 108 cm³/mol. The summed E-state index contributed by atoms with van der Waals surface area (Å²) in [5.74, 6) is 1.81. The Morgan fingerprint density at radius 3 is 2.65 bits per heavy atom. The number of nitrogens with one attached hydrogen (secondary N) is 2. The third-order valence-corrected chi connectivity index (χ3v) is 5.16. The number of aryl methyl sites for hydroxylation is 1. The molecule has 0 aliphatic heterocycles.